The molecule has 0 aliphatic carbocycles. The third-order valence-corrected chi connectivity index (χ3v) is 4.46. The topological polar surface area (TPSA) is 46.2 Å². The second-order valence-electron chi connectivity index (χ2n) is 5.51. The van der Waals surface area contributed by atoms with Gasteiger partial charge in [0, 0.05) is 5.54 Å². The van der Waals surface area contributed by atoms with E-state index in [1.165, 1.54) is 0 Å². The first-order valence-electron chi connectivity index (χ1n) is 5.59. The van der Waals surface area contributed by atoms with Crippen LogP contribution in [0.15, 0.2) is 0 Å². The highest BCUT2D eigenvalue weighted by Gasteiger charge is 2.26. The fourth-order valence-electron chi connectivity index (χ4n) is 1.20. The van der Waals surface area contributed by atoms with Crippen molar-refractivity contribution in [1.29, 1.82) is 0 Å². The summed E-state index contributed by atoms with van der Waals surface area (Å²) in [6, 6.07) is 0. The van der Waals surface area contributed by atoms with E-state index in [2.05, 4.69) is 18.6 Å². The molecular weight excluding hydrogens is 210 g/mol. The van der Waals surface area contributed by atoms with E-state index < -0.39 is 10.0 Å². The van der Waals surface area contributed by atoms with Crippen LogP contribution in [0.2, 0.25) is 0 Å². The van der Waals surface area contributed by atoms with E-state index in [-0.39, 0.29) is 10.8 Å². The Morgan fingerprint density at radius 3 is 1.93 bits per heavy atom. The highest BCUT2D eigenvalue weighted by molar-refractivity contribution is 7.90. The molecule has 0 rings (SSSR count). The molecule has 0 saturated carbocycles. The van der Waals surface area contributed by atoms with E-state index in [4.69, 9.17) is 0 Å². The molecule has 0 aromatic carbocycles. The minimum atomic E-state index is -3.15. The van der Waals surface area contributed by atoms with Crippen molar-refractivity contribution >= 4 is 10.0 Å². The van der Waals surface area contributed by atoms with Crippen molar-refractivity contribution in [2.24, 2.45) is 5.92 Å². The number of rotatable bonds is 6. The van der Waals surface area contributed by atoms with Crippen molar-refractivity contribution < 1.29 is 8.42 Å². The molecule has 0 bridgehead atoms. The maximum absolute atomic E-state index is 11.7. The molecule has 4 heteroatoms. The van der Waals surface area contributed by atoms with Gasteiger partial charge in [-0.3, -0.25) is 0 Å². The third-order valence-electron chi connectivity index (χ3n) is 2.39. The quantitative estimate of drug-likeness (QED) is 0.769. The van der Waals surface area contributed by atoms with Crippen LogP contribution >= 0.6 is 0 Å². The van der Waals surface area contributed by atoms with Crippen molar-refractivity contribution in [1.82, 2.24) is 4.72 Å². The third kappa shape index (κ3) is 6.15. The summed E-state index contributed by atoms with van der Waals surface area (Å²) in [4.78, 5) is 0. The van der Waals surface area contributed by atoms with Crippen LogP contribution in [-0.2, 0) is 10.0 Å². The molecule has 0 unspecified atom stereocenters. The van der Waals surface area contributed by atoms with Crippen molar-refractivity contribution in [2.75, 3.05) is 0 Å². The summed E-state index contributed by atoms with van der Waals surface area (Å²) in [6.07, 6.45) is 1.91. The Bertz CT molecular complexity index is 279. The summed E-state index contributed by atoms with van der Waals surface area (Å²) in [5.74, 6) is 0.604. The van der Waals surface area contributed by atoms with Crippen LogP contribution in [0.25, 0.3) is 0 Å². The molecule has 3 nitrogen and oxygen atoms in total. The lowest BCUT2D eigenvalue weighted by molar-refractivity contribution is 0.378. The van der Waals surface area contributed by atoms with Crippen LogP contribution in [-0.4, -0.2) is 19.2 Å². The zero-order chi connectivity index (χ0) is 12.3. The van der Waals surface area contributed by atoms with Crippen LogP contribution in [0.1, 0.15) is 54.4 Å². The number of nitrogens with one attached hydrogen (secondary N) is 1. The first-order chi connectivity index (χ1) is 6.57. The maximum Gasteiger partial charge on any atom is 0.214 e. The molecule has 0 amide bonds. The largest absolute Gasteiger partial charge is 0.214 e. The Labute approximate surface area is 94.7 Å². The van der Waals surface area contributed by atoms with E-state index in [1.807, 2.05) is 13.8 Å². The molecule has 92 valence electrons. The molecule has 0 saturated heterocycles. The Morgan fingerprint density at radius 1 is 1.13 bits per heavy atom. The Morgan fingerprint density at radius 2 is 1.60 bits per heavy atom. The molecule has 0 spiro atoms. The molecule has 0 aromatic rings. The molecule has 1 N–H and O–H groups in total. The van der Waals surface area contributed by atoms with E-state index in [0.717, 1.165) is 12.8 Å². The van der Waals surface area contributed by atoms with Crippen LogP contribution in [0.4, 0.5) is 0 Å². The van der Waals surface area contributed by atoms with Gasteiger partial charge in [0.15, 0.2) is 0 Å². The Kier molecular flexibility index (Phi) is 5.27. The van der Waals surface area contributed by atoms with Crippen LogP contribution < -0.4 is 4.72 Å². The van der Waals surface area contributed by atoms with Gasteiger partial charge in [-0.05, 0) is 46.5 Å². The maximum atomic E-state index is 11.7. The van der Waals surface area contributed by atoms with Gasteiger partial charge in [0.05, 0.1) is 5.25 Å². The number of hydrogen-bond acceptors (Lipinski definition) is 2. The standard InChI is InChI=1S/C11H25NO2S/c1-9(2)7-8-11(5,6)12-15(13,14)10(3)4/h9-10,12H,7-8H2,1-6H3. The average Bonchev–Trinajstić information content (AvgIpc) is 1.99. The fourth-order valence-corrected chi connectivity index (χ4v) is 2.31. The molecule has 0 atom stereocenters. The van der Waals surface area contributed by atoms with Crippen LogP contribution in [0.3, 0.4) is 0 Å². The van der Waals surface area contributed by atoms with Gasteiger partial charge >= 0.3 is 0 Å². The molecule has 0 fully saturated rings. The predicted octanol–water partition coefficient (Wildman–Crippen LogP) is 2.53. The van der Waals surface area contributed by atoms with Crippen molar-refractivity contribution in [3.63, 3.8) is 0 Å². The van der Waals surface area contributed by atoms with Gasteiger partial charge in [-0.1, -0.05) is 13.8 Å². The minimum absolute atomic E-state index is 0.340. The second-order valence-corrected chi connectivity index (χ2v) is 7.75. The van der Waals surface area contributed by atoms with Crippen LogP contribution in [0, 0.1) is 5.92 Å². The lowest BCUT2D eigenvalue weighted by Gasteiger charge is -2.27. The lowest BCUT2D eigenvalue weighted by atomic mass is 9.95. The summed E-state index contributed by atoms with van der Waals surface area (Å²) in [6.45, 7) is 11.6. The van der Waals surface area contributed by atoms with Crippen LogP contribution in [0.5, 0.6) is 0 Å². The van der Waals surface area contributed by atoms with Gasteiger partial charge in [0.1, 0.15) is 0 Å². The zero-order valence-corrected chi connectivity index (χ0v) is 11.6. The summed E-state index contributed by atoms with van der Waals surface area (Å²) in [5.41, 5.74) is -0.340. The van der Waals surface area contributed by atoms with Gasteiger partial charge in [-0.25, -0.2) is 13.1 Å². The molecule has 0 heterocycles. The predicted molar refractivity (Wildman–Crippen MR) is 65.3 cm³/mol. The first-order valence-corrected chi connectivity index (χ1v) is 7.14. The summed E-state index contributed by atoms with van der Waals surface area (Å²) in [7, 11) is -3.15. The summed E-state index contributed by atoms with van der Waals surface area (Å²) < 4.78 is 26.1. The van der Waals surface area contributed by atoms with E-state index in [0.29, 0.717) is 5.92 Å². The molecule has 0 radical (unpaired) electrons. The molecule has 0 aliphatic rings. The highest BCUT2D eigenvalue weighted by Crippen LogP contribution is 2.17. The number of hydrogen-bond donors (Lipinski definition) is 1. The fraction of sp³-hybridized carbons (Fsp3) is 1.00. The molecule has 15 heavy (non-hydrogen) atoms. The van der Waals surface area contributed by atoms with Crippen molar-refractivity contribution in [2.45, 2.75) is 65.2 Å². The van der Waals surface area contributed by atoms with Crippen molar-refractivity contribution in [3.05, 3.63) is 0 Å². The average molecular weight is 235 g/mol. The highest BCUT2D eigenvalue weighted by atomic mass is 32.2. The summed E-state index contributed by atoms with van der Waals surface area (Å²) >= 11 is 0. The molecule has 0 aromatic heterocycles. The van der Waals surface area contributed by atoms with Gasteiger partial charge in [0.2, 0.25) is 10.0 Å². The van der Waals surface area contributed by atoms with Gasteiger partial charge in [0.25, 0.3) is 0 Å². The number of sulfonamides is 1. The molecule has 0 aliphatic heterocycles. The molecular formula is C11H25NO2S. The smallest absolute Gasteiger partial charge is 0.212 e. The van der Waals surface area contributed by atoms with E-state index in [9.17, 15) is 8.42 Å². The van der Waals surface area contributed by atoms with Gasteiger partial charge < -0.3 is 0 Å². The van der Waals surface area contributed by atoms with Gasteiger partial charge in [-0.2, -0.15) is 0 Å². The van der Waals surface area contributed by atoms with Gasteiger partial charge in [-0.15, -0.1) is 0 Å². The first kappa shape index (κ1) is 14.9. The normalized spacial score (nSPS) is 13.9. The Hall–Kier alpha value is -0.0900. The zero-order valence-electron chi connectivity index (χ0n) is 10.8. The van der Waals surface area contributed by atoms with E-state index in [1.54, 1.807) is 13.8 Å². The van der Waals surface area contributed by atoms with Crippen molar-refractivity contribution in [3.8, 4) is 0 Å². The SMILES string of the molecule is CC(C)CCC(C)(C)NS(=O)(=O)C(C)C. The Balaban J connectivity index is 4.38. The summed E-state index contributed by atoms with van der Waals surface area (Å²) in [5, 5.41) is -0.365. The minimum Gasteiger partial charge on any atom is -0.212 e. The second kappa shape index (κ2) is 5.30. The monoisotopic (exact) mass is 235 g/mol. The lowest BCUT2D eigenvalue weighted by Crippen LogP contribution is -2.46. The van der Waals surface area contributed by atoms with E-state index >= 15 is 0 Å².